The highest BCUT2D eigenvalue weighted by atomic mass is 16.5. The maximum Gasteiger partial charge on any atom is 0.161 e. The first-order valence-electron chi connectivity index (χ1n) is 7.62. The van der Waals surface area contributed by atoms with Crippen molar-refractivity contribution in [3.63, 3.8) is 0 Å². The Bertz CT molecular complexity index is 703. The molecule has 118 valence electrons. The molecule has 0 saturated heterocycles. The van der Waals surface area contributed by atoms with Crippen LogP contribution in [0.2, 0.25) is 0 Å². The highest BCUT2D eigenvalue weighted by Gasteiger charge is 2.07. The lowest BCUT2D eigenvalue weighted by atomic mass is 10.1. The molecular weight excluding hydrogens is 288 g/mol. The minimum absolute atomic E-state index is 0.510. The fourth-order valence-corrected chi connectivity index (χ4v) is 2.07. The van der Waals surface area contributed by atoms with Crippen molar-refractivity contribution in [2.45, 2.75) is 19.8 Å². The normalized spacial score (nSPS) is 10.9. The summed E-state index contributed by atoms with van der Waals surface area (Å²) in [4.78, 5) is 4.22. The van der Waals surface area contributed by atoms with Gasteiger partial charge in [0.15, 0.2) is 11.5 Å². The first kappa shape index (κ1) is 16.6. The van der Waals surface area contributed by atoms with Crippen LogP contribution < -0.4 is 9.47 Å². The van der Waals surface area contributed by atoms with Crippen LogP contribution in [0.25, 0.3) is 11.6 Å². The van der Waals surface area contributed by atoms with Gasteiger partial charge in [-0.1, -0.05) is 25.5 Å². The Labute approximate surface area is 137 Å². The van der Waals surface area contributed by atoms with Crippen LogP contribution in [0.1, 0.15) is 31.0 Å². The first-order chi connectivity index (χ1) is 11.3. The summed E-state index contributed by atoms with van der Waals surface area (Å²) < 4.78 is 11.1. The Hall–Kier alpha value is -2.80. The Balaban J connectivity index is 2.30. The fraction of sp³-hybridized carbons (Fsp3) is 0.263. The molecule has 23 heavy (non-hydrogen) atoms. The SMILES string of the molecule is CCCCOc1cc(/C=C(\C#N)c2ccccn2)ccc1OC. The predicted molar refractivity (Wildman–Crippen MR) is 91.1 cm³/mol. The molecule has 0 N–H and O–H groups in total. The lowest BCUT2D eigenvalue weighted by molar-refractivity contribution is 0.288. The number of ether oxygens (including phenoxy) is 2. The molecule has 0 radical (unpaired) electrons. The number of nitrogens with zero attached hydrogens (tertiary/aromatic N) is 2. The lowest BCUT2D eigenvalue weighted by Crippen LogP contribution is -1.99. The van der Waals surface area contributed by atoms with Crippen molar-refractivity contribution >= 4 is 11.6 Å². The summed E-state index contributed by atoms with van der Waals surface area (Å²) in [5, 5.41) is 9.37. The Morgan fingerprint density at radius 2 is 2.13 bits per heavy atom. The second-order valence-corrected chi connectivity index (χ2v) is 5.00. The number of aromatic nitrogens is 1. The van der Waals surface area contributed by atoms with E-state index in [4.69, 9.17) is 9.47 Å². The van der Waals surface area contributed by atoms with E-state index in [1.807, 2.05) is 36.4 Å². The smallest absolute Gasteiger partial charge is 0.161 e. The molecule has 0 unspecified atom stereocenters. The number of hydrogen-bond acceptors (Lipinski definition) is 4. The zero-order valence-electron chi connectivity index (χ0n) is 13.5. The average molecular weight is 308 g/mol. The number of benzene rings is 1. The summed E-state index contributed by atoms with van der Waals surface area (Å²) in [6, 6.07) is 13.3. The van der Waals surface area contributed by atoms with Gasteiger partial charge in [0.1, 0.15) is 6.07 Å². The third-order valence-corrected chi connectivity index (χ3v) is 3.32. The standard InChI is InChI=1S/C19H20N2O2/c1-3-4-11-23-19-13-15(8-9-18(19)22-2)12-16(14-20)17-7-5-6-10-21-17/h5-10,12-13H,3-4,11H2,1-2H3/b16-12+. The quantitative estimate of drug-likeness (QED) is 0.564. The van der Waals surface area contributed by atoms with Crippen LogP contribution in [-0.2, 0) is 0 Å². The summed E-state index contributed by atoms with van der Waals surface area (Å²) in [6.07, 6.45) is 5.53. The molecule has 0 bridgehead atoms. The average Bonchev–Trinajstić information content (AvgIpc) is 2.61. The van der Waals surface area contributed by atoms with E-state index in [1.54, 1.807) is 19.4 Å². The molecule has 0 atom stereocenters. The van der Waals surface area contributed by atoms with E-state index in [0.717, 1.165) is 18.4 Å². The van der Waals surface area contributed by atoms with Crippen molar-refractivity contribution in [3.05, 3.63) is 53.9 Å². The van der Waals surface area contributed by atoms with Crippen LogP contribution >= 0.6 is 0 Å². The number of rotatable bonds is 7. The second kappa shape index (κ2) is 8.60. The van der Waals surface area contributed by atoms with E-state index >= 15 is 0 Å². The number of methoxy groups -OCH3 is 1. The highest BCUT2D eigenvalue weighted by molar-refractivity contribution is 5.88. The molecule has 4 heteroatoms. The molecule has 2 aromatic rings. The van der Waals surface area contributed by atoms with Crippen LogP contribution in [0, 0.1) is 11.3 Å². The van der Waals surface area contributed by atoms with Crippen LogP contribution in [0.15, 0.2) is 42.6 Å². The van der Waals surface area contributed by atoms with Crippen molar-refractivity contribution in [2.75, 3.05) is 13.7 Å². The van der Waals surface area contributed by atoms with Gasteiger partial charge in [0.2, 0.25) is 0 Å². The van der Waals surface area contributed by atoms with Gasteiger partial charge >= 0.3 is 0 Å². The summed E-state index contributed by atoms with van der Waals surface area (Å²) in [5.74, 6) is 1.38. The van der Waals surface area contributed by atoms with E-state index in [0.29, 0.717) is 29.4 Å². The van der Waals surface area contributed by atoms with Crippen molar-refractivity contribution in [2.24, 2.45) is 0 Å². The molecule has 0 spiro atoms. The minimum Gasteiger partial charge on any atom is -0.493 e. The Morgan fingerprint density at radius 3 is 2.78 bits per heavy atom. The van der Waals surface area contributed by atoms with Crippen LogP contribution in [0.4, 0.5) is 0 Å². The molecule has 1 heterocycles. The molecule has 0 saturated carbocycles. The molecule has 0 aliphatic rings. The number of pyridine rings is 1. The van der Waals surface area contributed by atoms with Crippen LogP contribution in [-0.4, -0.2) is 18.7 Å². The molecule has 2 rings (SSSR count). The number of allylic oxidation sites excluding steroid dienone is 1. The van der Waals surface area contributed by atoms with Gasteiger partial charge in [0.25, 0.3) is 0 Å². The fourth-order valence-electron chi connectivity index (χ4n) is 2.07. The number of unbranched alkanes of at least 4 members (excludes halogenated alkanes) is 1. The number of hydrogen-bond donors (Lipinski definition) is 0. The Kier molecular flexibility index (Phi) is 6.19. The van der Waals surface area contributed by atoms with Gasteiger partial charge < -0.3 is 9.47 Å². The van der Waals surface area contributed by atoms with E-state index < -0.39 is 0 Å². The van der Waals surface area contributed by atoms with Gasteiger partial charge in [-0.3, -0.25) is 4.98 Å². The van der Waals surface area contributed by atoms with Crippen LogP contribution in [0.3, 0.4) is 0 Å². The topological polar surface area (TPSA) is 55.1 Å². The van der Waals surface area contributed by atoms with Gasteiger partial charge in [-0.25, -0.2) is 0 Å². The third kappa shape index (κ3) is 4.58. The molecule has 4 nitrogen and oxygen atoms in total. The monoisotopic (exact) mass is 308 g/mol. The largest absolute Gasteiger partial charge is 0.493 e. The summed E-state index contributed by atoms with van der Waals surface area (Å²) in [6.45, 7) is 2.76. The maximum absolute atomic E-state index is 9.37. The summed E-state index contributed by atoms with van der Waals surface area (Å²) >= 11 is 0. The van der Waals surface area contributed by atoms with Gasteiger partial charge in [0, 0.05) is 6.20 Å². The first-order valence-corrected chi connectivity index (χ1v) is 7.62. The third-order valence-electron chi connectivity index (χ3n) is 3.32. The molecule has 0 fully saturated rings. The van der Waals surface area contributed by atoms with Crippen molar-refractivity contribution in [1.29, 1.82) is 5.26 Å². The predicted octanol–water partition coefficient (Wildman–Crippen LogP) is 4.33. The van der Waals surface area contributed by atoms with Crippen molar-refractivity contribution in [3.8, 4) is 17.6 Å². The van der Waals surface area contributed by atoms with Crippen molar-refractivity contribution < 1.29 is 9.47 Å². The van der Waals surface area contributed by atoms with Crippen LogP contribution in [0.5, 0.6) is 11.5 Å². The van der Waals surface area contributed by atoms with Gasteiger partial charge in [0.05, 0.1) is 25.0 Å². The van der Waals surface area contributed by atoms with Gasteiger partial charge in [-0.15, -0.1) is 0 Å². The zero-order valence-corrected chi connectivity index (χ0v) is 13.5. The molecular formula is C19H20N2O2. The molecule has 1 aromatic carbocycles. The molecule has 0 aliphatic heterocycles. The van der Waals surface area contributed by atoms with Gasteiger partial charge in [-0.2, -0.15) is 5.26 Å². The van der Waals surface area contributed by atoms with E-state index in [9.17, 15) is 5.26 Å². The number of nitriles is 1. The van der Waals surface area contributed by atoms with Gasteiger partial charge in [-0.05, 0) is 42.3 Å². The van der Waals surface area contributed by atoms with E-state index in [-0.39, 0.29) is 0 Å². The van der Waals surface area contributed by atoms with E-state index in [1.165, 1.54) is 0 Å². The molecule has 0 aliphatic carbocycles. The second-order valence-electron chi connectivity index (χ2n) is 5.00. The lowest BCUT2D eigenvalue weighted by Gasteiger charge is -2.11. The maximum atomic E-state index is 9.37. The molecule has 0 amide bonds. The highest BCUT2D eigenvalue weighted by Crippen LogP contribution is 2.29. The zero-order chi connectivity index (χ0) is 16.5. The Morgan fingerprint density at radius 1 is 1.26 bits per heavy atom. The summed E-state index contributed by atoms with van der Waals surface area (Å²) in [7, 11) is 1.62. The minimum atomic E-state index is 0.510. The summed E-state index contributed by atoms with van der Waals surface area (Å²) in [5.41, 5.74) is 2.04. The molecule has 1 aromatic heterocycles. The van der Waals surface area contributed by atoms with Crippen molar-refractivity contribution in [1.82, 2.24) is 4.98 Å². The van der Waals surface area contributed by atoms with E-state index in [2.05, 4.69) is 18.0 Å².